The topological polar surface area (TPSA) is 102 Å². The largest absolute Gasteiger partial charge is 0.494 e. The molecule has 0 amide bonds. The third-order valence-electron chi connectivity index (χ3n) is 14.0. The Kier molecular flexibility index (Phi) is 13.1. The van der Waals surface area contributed by atoms with Gasteiger partial charge < -0.3 is 25.2 Å². The lowest BCUT2D eigenvalue weighted by Gasteiger charge is -2.19. The summed E-state index contributed by atoms with van der Waals surface area (Å²) < 4.78 is 12.2. The molecule has 2 aliphatic rings. The normalized spacial score (nSPS) is 12.6. The van der Waals surface area contributed by atoms with E-state index in [9.17, 15) is 0 Å². The van der Waals surface area contributed by atoms with Gasteiger partial charge in [-0.25, -0.2) is 9.97 Å². The summed E-state index contributed by atoms with van der Waals surface area (Å²) in [6.07, 6.45) is 10.4. The molecule has 0 fully saturated rings. The highest BCUT2D eigenvalue weighted by molar-refractivity contribution is 6.00. The van der Waals surface area contributed by atoms with E-state index in [4.69, 9.17) is 25.2 Å². The Balaban J connectivity index is 1.16. The van der Waals surface area contributed by atoms with Crippen molar-refractivity contribution in [3.8, 4) is 56.0 Å². The highest BCUT2D eigenvalue weighted by Crippen LogP contribution is 2.40. The van der Waals surface area contributed by atoms with Crippen LogP contribution in [0.5, 0.6) is 11.5 Å². The third kappa shape index (κ3) is 10.5. The number of unbranched alkanes of at least 4 members (excludes halogenated alkanes) is 1. The van der Waals surface area contributed by atoms with Crippen LogP contribution in [0.2, 0.25) is 0 Å². The van der Waals surface area contributed by atoms with Crippen LogP contribution >= 0.6 is 0 Å². The van der Waals surface area contributed by atoms with Crippen molar-refractivity contribution < 1.29 is 9.47 Å². The van der Waals surface area contributed by atoms with Crippen molar-refractivity contribution in [2.24, 2.45) is 0 Å². The Morgan fingerprint density at radius 3 is 0.890 bits per heavy atom. The fourth-order valence-electron chi connectivity index (χ4n) is 9.70. The van der Waals surface area contributed by atoms with Crippen molar-refractivity contribution in [2.45, 2.75) is 91.4 Å². The van der Waals surface area contributed by atoms with Gasteiger partial charge >= 0.3 is 0 Å². The summed E-state index contributed by atoms with van der Waals surface area (Å²) in [7, 11) is 0. The van der Waals surface area contributed by atoms with Crippen molar-refractivity contribution in [2.75, 3.05) is 18.9 Å². The van der Waals surface area contributed by atoms with Crippen LogP contribution in [0.15, 0.2) is 146 Å². The summed E-state index contributed by atoms with van der Waals surface area (Å²) in [6, 6.07) is 51.6. The predicted molar refractivity (Wildman–Crippen MR) is 308 cm³/mol. The van der Waals surface area contributed by atoms with Gasteiger partial charge in [-0.15, -0.1) is 0 Å². The highest BCUT2D eigenvalue weighted by atomic mass is 16.5. The molecule has 0 saturated heterocycles. The van der Waals surface area contributed by atoms with Crippen molar-refractivity contribution in [3.63, 3.8) is 0 Å². The number of nitrogens with zero attached hydrogens (tertiary/aromatic N) is 2. The van der Waals surface area contributed by atoms with Crippen LogP contribution in [-0.2, 0) is 16.2 Å². The number of H-pyrrole nitrogens is 2. The van der Waals surface area contributed by atoms with Crippen molar-refractivity contribution in [1.82, 2.24) is 19.9 Å². The van der Waals surface area contributed by atoms with Gasteiger partial charge in [0.25, 0.3) is 0 Å². The van der Waals surface area contributed by atoms with Crippen LogP contribution in [-0.4, -0.2) is 33.1 Å². The molecule has 2 aliphatic heterocycles. The fourth-order valence-corrected chi connectivity index (χ4v) is 9.70. The maximum Gasteiger partial charge on any atom is 0.119 e. The van der Waals surface area contributed by atoms with Gasteiger partial charge in [0.05, 0.1) is 36.0 Å². The molecule has 8 aromatic rings. The summed E-state index contributed by atoms with van der Waals surface area (Å²) in [6.45, 7) is 21.5. The van der Waals surface area contributed by atoms with Gasteiger partial charge in [0.1, 0.15) is 11.5 Å². The van der Waals surface area contributed by atoms with Gasteiger partial charge in [-0.2, -0.15) is 0 Å². The number of hydrogen-bond acceptors (Lipinski definition) is 5. The summed E-state index contributed by atoms with van der Waals surface area (Å²) in [4.78, 5) is 19.0. The lowest BCUT2D eigenvalue weighted by atomic mass is 9.86. The molecule has 5 aromatic carbocycles. The van der Waals surface area contributed by atoms with E-state index in [1.165, 1.54) is 16.7 Å². The number of nitrogens with two attached hydrogens (primary N) is 1. The molecule has 5 heterocycles. The quantitative estimate of drug-likeness (QED) is 0.0885. The van der Waals surface area contributed by atoms with Crippen LogP contribution in [0.1, 0.15) is 115 Å². The molecule has 10 rings (SSSR count). The molecule has 7 nitrogen and oxygen atoms in total. The Bertz CT molecular complexity index is 3460. The van der Waals surface area contributed by atoms with Crippen LogP contribution < -0.4 is 15.2 Å². The molecule has 7 heteroatoms. The Hall–Kier alpha value is -7.90. The van der Waals surface area contributed by atoms with Crippen LogP contribution in [0.3, 0.4) is 0 Å². The minimum Gasteiger partial charge on any atom is -0.494 e. The highest BCUT2D eigenvalue weighted by Gasteiger charge is 2.22. The Labute approximate surface area is 430 Å². The minimum absolute atomic E-state index is 0.00689. The van der Waals surface area contributed by atoms with Crippen molar-refractivity contribution in [1.29, 1.82) is 0 Å². The Morgan fingerprint density at radius 1 is 0.356 bits per heavy atom. The van der Waals surface area contributed by atoms with Crippen LogP contribution in [0.4, 0.5) is 5.69 Å². The zero-order valence-corrected chi connectivity index (χ0v) is 43.8. The first-order valence-electron chi connectivity index (χ1n) is 25.7. The van der Waals surface area contributed by atoms with Crippen LogP contribution in [0, 0.1) is 0 Å². The molecular weight excluding hydrogens is 895 g/mol. The molecule has 0 aliphatic carbocycles. The van der Waals surface area contributed by atoms with E-state index in [1.54, 1.807) is 0 Å². The molecule has 0 unspecified atom stereocenters. The molecule has 3 aromatic heterocycles. The third-order valence-corrected chi connectivity index (χ3v) is 14.0. The average molecular weight is 962 g/mol. The Morgan fingerprint density at radius 2 is 0.616 bits per heavy atom. The number of hydrogen-bond donors (Lipinski definition) is 3. The first-order chi connectivity index (χ1) is 35.0. The molecule has 0 saturated carbocycles. The zero-order chi connectivity index (χ0) is 51.1. The number of benzene rings is 5. The SMILES string of the molecule is CC(C)(C)c1ccc(-c2c3nc(c(-c4ccc(C(C)(C)C)cc4)c4ccc([nH]4)c(-c4ccc(C(C)(C)C)cc4)c4nc(c(-c5ccc(OCCCCOc6ccc(N)cc6)cc5)c5ccc2[nH]5)C=C4)C=C3)cc1. The molecular formula is C66H67N5O2. The van der Waals surface area contributed by atoms with Crippen LogP contribution in [0.25, 0.3) is 90.9 Å². The maximum atomic E-state index is 6.28. The first kappa shape index (κ1) is 48.7. The summed E-state index contributed by atoms with van der Waals surface area (Å²) >= 11 is 0. The summed E-state index contributed by atoms with van der Waals surface area (Å²) in [5.74, 6) is 1.63. The van der Waals surface area contributed by atoms with Gasteiger partial charge in [0.15, 0.2) is 0 Å². The van der Waals surface area contributed by atoms with Gasteiger partial charge in [-0.3, -0.25) is 0 Å². The number of aromatic nitrogens is 4. The van der Waals surface area contributed by atoms with Gasteiger partial charge in [0.2, 0.25) is 0 Å². The number of rotatable bonds is 11. The van der Waals surface area contributed by atoms with E-state index >= 15 is 0 Å². The number of aromatic amines is 2. The summed E-state index contributed by atoms with van der Waals surface area (Å²) in [5.41, 5.74) is 26.1. The number of fused-ring (bicyclic) bond motifs is 8. The molecule has 73 heavy (non-hydrogen) atoms. The zero-order valence-electron chi connectivity index (χ0n) is 43.8. The summed E-state index contributed by atoms with van der Waals surface area (Å²) in [5, 5.41) is 0. The number of anilines is 1. The molecule has 368 valence electrons. The molecule has 0 atom stereocenters. The van der Waals surface area contributed by atoms with E-state index < -0.39 is 0 Å². The van der Waals surface area contributed by atoms with E-state index in [-0.39, 0.29) is 16.2 Å². The monoisotopic (exact) mass is 962 g/mol. The van der Waals surface area contributed by atoms with Gasteiger partial charge in [-0.05, 0) is 153 Å². The number of nitrogen functional groups attached to an aromatic ring is 1. The van der Waals surface area contributed by atoms with E-state index in [0.717, 1.165) is 119 Å². The molecule has 0 spiro atoms. The minimum atomic E-state index is 0.00689. The first-order valence-corrected chi connectivity index (χ1v) is 25.7. The van der Waals surface area contributed by atoms with Gasteiger partial charge in [0, 0.05) is 50.0 Å². The predicted octanol–water partition coefficient (Wildman–Crippen LogP) is 17.0. The maximum absolute atomic E-state index is 6.28. The van der Waals surface area contributed by atoms with Gasteiger partial charge in [-0.1, -0.05) is 147 Å². The van der Waals surface area contributed by atoms with E-state index in [2.05, 4.69) is 218 Å². The smallest absolute Gasteiger partial charge is 0.119 e. The van der Waals surface area contributed by atoms with Crippen molar-refractivity contribution >= 4 is 52.1 Å². The fraction of sp³-hybridized carbons (Fsp3) is 0.242. The average Bonchev–Trinajstić information content (AvgIpc) is 4.22. The molecule has 0 radical (unpaired) electrons. The molecule has 8 bridgehead atoms. The second-order valence-corrected chi connectivity index (χ2v) is 22.5. The van der Waals surface area contributed by atoms with E-state index in [0.29, 0.717) is 13.2 Å². The second-order valence-electron chi connectivity index (χ2n) is 22.5. The number of ether oxygens (including phenoxy) is 2. The lowest BCUT2D eigenvalue weighted by Crippen LogP contribution is -2.10. The second kappa shape index (κ2) is 19.6. The van der Waals surface area contributed by atoms with Crippen molar-refractivity contribution in [3.05, 3.63) is 185 Å². The lowest BCUT2D eigenvalue weighted by molar-refractivity contribution is 0.266. The van der Waals surface area contributed by atoms with E-state index in [1.807, 2.05) is 24.3 Å². The molecule has 4 N–H and O–H groups in total. The standard InChI is InChI=1S/C66H67N5O2/c1-64(2,3)46-20-12-42(13-21-46)60-52-32-34-54(68-52)61(43-14-22-47(23-15-43)65(4,5)6)56-36-38-58(70-56)63(45-18-28-50(29-19-45)72-40-10-11-41-73-51-30-26-49(67)27-31-51)59-39-37-57(71-59)62(55-35-33-53(60)69-55)44-16-24-48(25-17-44)66(7,8)9/h12-39,68,71H,10-11,40-41,67H2,1-9H3. The number of nitrogens with one attached hydrogen (secondary N) is 2.